The number of carbonyl (C=O) groups is 2. The molecule has 0 spiro atoms. The molecule has 4 rings (SSSR count). The summed E-state index contributed by atoms with van der Waals surface area (Å²) in [5.74, 6) is 1.05. The van der Waals surface area contributed by atoms with Crippen LogP contribution in [0.1, 0.15) is 11.1 Å². The number of carbonyl (C=O) groups excluding carboxylic acids is 2. The summed E-state index contributed by atoms with van der Waals surface area (Å²) >= 11 is 8.02. The van der Waals surface area contributed by atoms with E-state index in [1.807, 2.05) is 72.8 Å². The maximum atomic E-state index is 12.8. The van der Waals surface area contributed by atoms with E-state index in [9.17, 15) is 9.59 Å². The summed E-state index contributed by atoms with van der Waals surface area (Å²) in [6.07, 6.45) is 1.71. The first-order chi connectivity index (χ1) is 16.0. The molecule has 1 aliphatic rings. The summed E-state index contributed by atoms with van der Waals surface area (Å²) in [4.78, 5) is 26.7. The third kappa shape index (κ3) is 6.07. The van der Waals surface area contributed by atoms with E-state index >= 15 is 0 Å². The van der Waals surface area contributed by atoms with E-state index < -0.39 is 0 Å². The maximum Gasteiger partial charge on any atom is 0.293 e. The Morgan fingerprint density at radius 3 is 2.18 bits per heavy atom. The van der Waals surface area contributed by atoms with E-state index in [0.717, 1.165) is 31.8 Å². The molecule has 2 amide bonds. The molecule has 0 aliphatic carbocycles. The lowest BCUT2D eigenvalue weighted by Crippen LogP contribution is -2.32. The second-order valence-corrected chi connectivity index (χ2v) is 9.78. The molecule has 0 N–H and O–H groups in total. The van der Waals surface area contributed by atoms with E-state index in [-0.39, 0.29) is 24.3 Å². The van der Waals surface area contributed by atoms with Crippen LogP contribution in [0, 0.1) is 0 Å². The molecule has 3 aromatic carbocycles. The van der Waals surface area contributed by atoms with Crippen molar-refractivity contribution in [3.8, 4) is 11.5 Å². The third-order valence-electron chi connectivity index (χ3n) is 4.74. The number of imide groups is 1. The number of ether oxygens (including phenoxy) is 2. The van der Waals surface area contributed by atoms with Gasteiger partial charge in [-0.3, -0.25) is 14.5 Å². The minimum Gasteiger partial charge on any atom is -0.492 e. The topological polar surface area (TPSA) is 55.8 Å². The number of hydrogen-bond acceptors (Lipinski definition) is 5. The van der Waals surface area contributed by atoms with Crippen molar-refractivity contribution >= 4 is 60.8 Å². The average molecular weight is 589 g/mol. The van der Waals surface area contributed by atoms with Crippen molar-refractivity contribution in [1.82, 2.24) is 4.90 Å². The van der Waals surface area contributed by atoms with Crippen LogP contribution in [-0.2, 0) is 11.4 Å². The highest BCUT2D eigenvalue weighted by Gasteiger charge is 2.34. The van der Waals surface area contributed by atoms with Gasteiger partial charge in [0, 0.05) is 0 Å². The molecule has 0 saturated carbocycles. The van der Waals surface area contributed by atoms with Gasteiger partial charge < -0.3 is 9.47 Å². The summed E-state index contributed by atoms with van der Waals surface area (Å²) in [5, 5.41) is -0.302. The van der Waals surface area contributed by atoms with E-state index in [0.29, 0.717) is 23.0 Å². The van der Waals surface area contributed by atoms with Gasteiger partial charge in [0.05, 0.1) is 20.4 Å². The number of halogens is 2. The SMILES string of the molecule is O=C1S/C(=C\c2cc(Br)c(OCc3ccccc3)c(Br)c2)C(=O)N1CCOc1ccccc1. The zero-order chi connectivity index (χ0) is 23.2. The highest BCUT2D eigenvalue weighted by Crippen LogP contribution is 2.38. The predicted molar refractivity (Wildman–Crippen MR) is 137 cm³/mol. The van der Waals surface area contributed by atoms with Gasteiger partial charge in [-0.2, -0.15) is 0 Å². The van der Waals surface area contributed by atoms with Crippen molar-refractivity contribution < 1.29 is 19.1 Å². The van der Waals surface area contributed by atoms with Gasteiger partial charge in [-0.05, 0) is 85.1 Å². The maximum absolute atomic E-state index is 12.8. The highest BCUT2D eigenvalue weighted by atomic mass is 79.9. The van der Waals surface area contributed by atoms with Crippen LogP contribution in [-0.4, -0.2) is 29.2 Å². The fraction of sp³-hybridized carbons (Fsp3) is 0.120. The van der Waals surface area contributed by atoms with Crippen molar-refractivity contribution in [2.75, 3.05) is 13.2 Å². The number of amides is 2. The minimum absolute atomic E-state index is 0.191. The van der Waals surface area contributed by atoms with Gasteiger partial charge >= 0.3 is 0 Å². The molecular formula is C25H19Br2NO4S. The van der Waals surface area contributed by atoms with Crippen molar-refractivity contribution in [1.29, 1.82) is 0 Å². The van der Waals surface area contributed by atoms with E-state index in [4.69, 9.17) is 9.47 Å². The van der Waals surface area contributed by atoms with E-state index in [2.05, 4.69) is 31.9 Å². The van der Waals surface area contributed by atoms with Crippen LogP contribution in [0.3, 0.4) is 0 Å². The molecule has 168 valence electrons. The van der Waals surface area contributed by atoms with Gasteiger partial charge in [-0.1, -0.05) is 48.5 Å². The zero-order valence-electron chi connectivity index (χ0n) is 17.4. The summed E-state index contributed by atoms with van der Waals surface area (Å²) in [6.45, 7) is 0.859. The van der Waals surface area contributed by atoms with E-state index in [1.165, 1.54) is 4.90 Å². The van der Waals surface area contributed by atoms with Crippen LogP contribution >= 0.6 is 43.6 Å². The first-order valence-corrected chi connectivity index (χ1v) is 12.5. The third-order valence-corrected chi connectivity index (χ3v) is 6.83. The van der Waals surface area contributed by atoms with Gasteiger partial charge in [0.1, 0.15) is 24.7 Å². The van der Waals surface area contributed by atoms with E-state index in [1.54, 1.807) is 6.08 Å². The van der Waals surface area contributed by atoms with Crippen LogP contribution in [0.2, 0.25) is 0 Å². The van der Waals surface area contributed by atoms with Crippen LogP contribution in [0.15, 0.2) is 86.6 Å². The zero-order valence-corrected chi connectivity index (χ0v) is 21.4. The Labute approximate surface area is 213 Å². The molecule has 0 bridgehead atoms. The second-order valence-electron chi connectivity index (χ2n) is 7.08. The number of rotatable bonds is 8. The standard InChI is InChI=1S/C25H19Br2NO4S/c26-20-13-18(14-21(27)23(20)32-16-17-7-3-1-4-8-17)15-22-24(29)28(25(30)33-22)11-12-31-19-9-5-2-6-10-19/h1-10,13-15H,11-12,16H2/b22-15-. The largest absolute Gasteiger partial charge is 0.492 e. The fourth-order valence-electron chi connectivity index (χ4n) is 3.15. The highest BCUT2D eigenvalue weighted by molar-refractivity contribution is 9.11. The lowest BCUT2D eigenvalue weighted by molar-refractivity contribution is -0.123. The average Bonchev–Trinajstić information content (AvgIpc) is 3.07. The lowest BCUT2D eigenvalue weighted by Gasteiger charge is -2.13. The van der Waals surface area contributed by atoms with Gasteiger partial charge in [0.15, 0.2) is 0 Å². The van der Waals surface area contributed by atoms with Gasteiger partial charge in [0.25, 0.3) is 11.1 Å². The summed E-state index contributed by atoms with van der Waals surface area (Å²) < 4.78 is 13.1. The number of para-hydroxylation sites is 1. The molecule has 1 fully saturated rings. The molecular weight excluding hydrogens is 570 g/mol. The monoisotopic (exact) mass is 587 g/mol. The Bertz CT molecular complexity index is 1160. The predicted octanol–water partition coefficient (Wildman–Crippen LogP) is 6.91. The van der Waals surface area contributed by atoms with Gasteiger partial charge in [-0.15, -0.1) is 0 Å². The van der Waals surface area contributed by atoms with Crippen LogP contribution in [0.4, 0.5) is 4.79 Å². The van der Waals surface area contributed by atoms with Crippen LogP contribution in [0.5, 0.6) is 11.5 Å². The Morgan fingerprint density at radius 2 is 1.52 bits per heavy atom. The minimum atomic E-state index is -0.321. The summed E-state index contributed by atoms with van der Waals surface area (Å²) in [5.41, 5.74) is 1.83. The quantitative estimate of drug-likeness (QED) is 0.268. The lowest BCUT2D eigenvalue weighted by atomic mass is 10.2. The van der Waals surface area contributed by atoms with Crippen LogP contribution in [0.25, 0.3) is 6.08 Å². The number of nitrogens with zero attached hydrogens (tertiary/aromatic N) is 1. The first kappa shape index (κ1) is 23.6. The van der Waals surface area contributed by atoms with Gasteiger partial charge in [0.2, 0.25) is 0 Å². The second kappa shape index (κ2) is 11.0. The normalized spacial score (nSPS) is 14.7. The Balaban J connectivity index is 1.41. The fourth-order valence-corrected chi connectivity index (χ4v) is 5.46. The molecule has 3 aromatic rings. The molecule has 0 radical (unpaired) electrons. The summed E-state index contributed by atoms with van der Waals surface area (Å²) in [6, 6.07) is 22.9. The molecule has 0 atom stereocenters. The van der Waals surface area contributed by atoms with Crippen molar-refractivity contribution in [2.24, 2.45) is 0 Å². The van der Waals surface area contributed by atoms with Crippen molar-refractivity contribution in [2.45, 2.75) is 6.61 Å². The first-order valence-electron chi connectivity index (χ1n) is 10.1. The Morgan fingerprint density at radius 1 is 0.879 bits per heavy atom. The molecule has 1 aliphatic heterocycles. The molecule has 0 unspecified atom stereocenters. The summed E-state index contributed by atoms with van der Waals surface area (Å²) in [7, 11) is 0. The smallest absolute Gasteiger partial charge is 0.293 e. The van der Waals surface area contributed by atoms with Gasteiger partial charge in [-0.25, -0.2) is 0 Å². The number of thioether (sulfide) groups is 1. The Kier molecular flexibility index (Phi) is 7.90. The van der Waals surface area contributed by atoms with Crippen molar-refractivity contribution in [3.63, 3.8) is 0 Å². The number of benzene rings is 3. The molecule has 8 heteroatoms. The Hall–Kier alpha value is -2.55. The molecule has 33 heavy (non-hydrogen) atoms. The molecule has 1 heterocycles. The molecule has 1 saturated heterocycles. The molecule has 5 nitrogen and oxygen atoms in total. The number of hydrogen-bond donors (Lipinski definition) is 0. The van der Waals surface area contributed by atoms with Crippen molar-refractivity contribution in [3.05, 3.63) is 97.8 Å². The molecule has 0 aromatic heterocycles. The van der Waals surface area contributed by atoms with Crippen LogP contribution < -0.4 is 9.47 Å².